The van der Waals surface area contributed by atoms with Crippen LogP contribution in [0.15, 0.2) is 91.0 Å². The second-order valence-corrected chi connectivity index (χ2v) is 10.3. The molecule has 0 fully saturated rings. The minimum atomic E-state index is -0.190. The third kappa shape index (κ3) is 3.86. The van der Waals surface area contributed by atoms with E-state index < -0.39 is 0 Å². The van der Waals surface area contributed by atoms with Gasteiger partial charge >= 0.3 is 0 Å². The van der Waals surface area contributed by atoms with Crippen LogP contribution in [-0.4, -0.2) is 17.4 Å². The summed E-state index contributed by atoms with van der Waals surface area (Å²) >= 11 is 0. The molecule has 5 rings (SSSR count). The molecule has 1 atom stereocenters. The number of aromatic nitrogens is 1. The van der Waals surface area contributed by atoms with Gasteiger partial charge in [-0.15, -0.1) is 0 Å². The first-order valence-corrected chi connectivity index (χ1v) is 12.0. The van der Waals surface area contributed by atoms with Gasteiger partial charge in [-0.2, -0.15) is 0 Å². The lowest BCUT2D eigenvalue weighted by atomic mass is 9.87. The standard InChI is InChI=1S/C31H32N2O/c1-22(21-34)29-30-27(18-19-32(29)25-10-6-5-7-11-25)26-12-8-9-13-28(26)33(30)20-23-14-16-24(17-15-23)31(2,3)4/h5-17,21,29H,1,18-20H2,2-4H3/t29-/m1/s1. The highest BCUT2D eigenvalue weighted by Crippen LogP contribution is 2.42. The molecule has 3 heteroatoms. The lowest BCUT2D eigenvalue weighted by Crippen LogP contribution is -2.38. The van der Waals surface area contributed by atoms with Crippen molar-refractivity contribution in [3.63, 3.8) is 0 Å². The maximum atomic E-state index is 12.1. The molecule has 172 valence electrons. The van der Waals surface area contributed by atoms with Gasteiger partial charge in [0.1, 0.15) is 6.29 Å². The molecule has 0 amide bonds. The van der Waals surface area contributed by atoms with Gasteiger partial charge in [-0.25, -0.2) is 0 Å². The molecule has 0 bridgehead atoms. The Kier molecular flexibility index (Phi) is 5.65. The monoisotopic (exact) mass is 448 g/mol. The average molecular weight is 449 g/mol. The number of benzene rings is 3. The number of hydrogen-bond acceptors (Lipinski definition) is 2. The molecule has 3 aromatic carbocycles. The molecule has 3 nitrogen and oxygen atoms in total. The van der Waals surface area contributed by atoms with Gasteiger partial charge in [-0.3, -0.25) is 4.79 Å². The van der Waals surface area contributed by atoms with Crippen LogP contribution in [0, 0.1) is 0 Å². The number of para-hydroxylation sites is 2. The van der Waals surface area contributed by atoms with Gasteiger partial charge in [-0.05, 0) is 46.7 Å². The van der Waals surface area contributed by atoms with E-state index in [9.17, 15) is 4.79 Å². The lowest BCUT2D eigenvalue weighted by molar-refractivity contribution is -0.105. The quantitative estimate of drug-likeness (QED) is 0.246. The first kappa shape index (κ1) is 22.2. The number of aldehydes is 1. The summed E-state index contributed by atoms with van der Waals surface area (Å²) in [5.41, 5.74) is 8.16. The van der Waals surface area contributed by atoms with Gasteiger partial charge in [0.15, 0.2) is 0 Å². The van der Waals surface area contributed by atoms with Crippen LogP contribution >= 0.6 is 0 Å². The van der Waals surface area contributed by atoms with Crippen LogP contribution in [0.2, 0.25) is 0 Å². The first-order chi connectivity index (χ1) is 16.4. The molecule has 0 saturated heterocycles. The number of hydrogen-bond donors (Lipinski definition) is 0. The highest BCUT2D eigenvalue weighted by Gasteiger charge is 2.34. The van der Waals surface area contributed by atoms with E-state index in [0.717, 1.165) is 31.5 Å². The number of nitrogens with zero attached hydrogens (tertiary/aromatic N) is 2. The largest absolute Gasteiger partial charge is 0.358 e. The number of rotatable bonds is 5. The van der Waals surface area contributed by atoms with E-state index in [2.05, 4.69) is 110 Å². The second kappa shape index (κ2) is 8.64. The molecule has 0 aliphatic carbocycles. The number of carbonyl (C=O) groups excluding carboxylic acids is 1. The van der Waals surface area contributed by atoms with Crippen molar-refractivity contribution in [2.75, 3.05) is 11.4 Å². The van der Waals surface area contributed by atoms with Crippen molar-refractivity contribution in [3.05, 3.63) is 113 Å². The second-order valence-electron chi connectivity index (χ2n) is 10.3. The highest BCUT2D eigenvalue weighted by atomic mass is 16.1. The van der Waals surface area contributed by atoms with Crippen LogP contribution in [0.4, 0.5) is 5.69 Å². The van der Waals surface area contributed by atoms with Crippen LogP contribution in [0.5, 0.6) is 0 Å². The molecular weight excluding hydrogens is 416 g/mol. The fraction of sp³-hybridized carbons (Fsp3) is 0.258. The van der Waals surface area contributed by atoms with E-state index in [-0.39, 0.29) is 11.5 Å². The summed E-state index contributed by atoms with van der Waals surface area (Å²) in [6.45, 7) is 12.5. The van der Waals surface area contributed by atoms with Crippen LogP contribution < -0.4 is 4.90 Å². The van der Waals surface area contributed by atoms with E-state index in [1.807, 2.05) is 6.07 Å². The van der Waals surface area contributed by atoms with Crippen molar-refractivity contribution in [2.45, 2.75) is 45.2 Å². The molecule has 0 N–H and O–H groups in total. The van der Waals surface area contributed by atoms with E-state index >= 15 is 0 Å². The summed E-state index contributed by atoms with van der Waals surface area (Å²) in [4.78, 5) is 14.4. The van der Waals surface area contributed by atoms with Crippen molar-refractivity contribution in [2.24, 2.45) is 0 Å². The van der Waals surface area contributed by atoms with Crippen molar-refractivity contribution in [1.82, 2.24) is 4.57 Å². The molecular formula is C31H32N2O. The van der Waals surface area contributed by atoms with Gasteiger partial charge in [0.2, 0.25) is 0 Å². The molecule has 2 heterocycles. The smallest absolute Gasteiger partial charge is 0.147 e. The van der Waals surface area contributed by atoms with Crippen LogP contribution in [0.3, 0.4) is 0 Å². The van der Waals surface area contributed by atoms with Crippen molar-refractivity contribution >= 4 is 22.9 Å². The molecule has 0 unspecified atom stereocenters. The third-order valence-electron chi connectivity index (χ3n) is 7.04. The van der Waals surface area contributed by atoms with Gasteiger partial charge in [0.05, 0.1) is 6.04 Å². The summed E-state index contributed by atoms with van der Waals surface area (Å²) in [5, 5.41) is 1.28. The molecule has 1 aromatic heterocycles. The Morgan fingerprint density at radius 2 is 1.65 bits per heavy atom. The number of carbonyl (C=O) groups is 1. The van der Waals surface area contributed by atoms with E-state index in [0.29, 0.717) is 5.57 Å². The third-order valence-corrected chi connectivity index (χ3v) is 7.04. The van der Waals surface area contributed by atoms with Gasteiger partial charge < -0.3 is 9.47 Å². The predicted molar refractivity (Wildman–Crippen MR) is 142 cm³/mol. The topological polar surface area (TPSA) is 25.2 Å². The molecule has 4 aromatic rings. The van der Waals surface area contributed by atoms with Crippen molar-refractivity contribution < 1.29 is 4.79 Å². The van der Waals surface area contributed by atoms with Crippen LogP contribution in [0.25, 0.3) is 10.9 Å². The molecule has 0 spiro atoms. The van der Waals surface area contributed by atoms with Gasteiger partial charge in [-0.1, -0.05) is 88.0 Å². The van der Waals surface area contributed by atoms with Crippen molar-refractivity contribution in [3.8, 4) is 0 Å². The summed E-state index contributed by atoms with van der Waals surface area (Å²) in [6.07, 6.45) is 1.86. The molecule has 1 aliphatic heterocycles. The number of fused-ring (bicyclic) bond motifs is 3. The molecule has 1 aliphatic rings. The Balaban J connectivity index is 1.66. The Labute approximate surface area is 202 Å². The summed E-state index contributed by atoms with van der Waals surface area (Å²) < 4.78 is 2.41. The van der Waals surface area contributed by atoms with E-state index in [1.165, 1.54) is 33.3 Å². The predicted octanol–water partition coefficient (Wildman–Crippen LogP) is 6.85. The van der Waals surface area contributed by atoms with Gasteiger partial charge in [0.25, 0.3) is 0 Å². The normalized spacial score (nSPS) is 15.9. The molecule has 0 saturated carbocycles. The Morgan fingerprint density at radius 1 is 0.971 bits per heavy atom. The highest BCUT2D eigenvalue weighted by molar-refractivity contribution is 5.88. The zero-order valence-electron chi connectivity index (χ0n) is 20.3. The Hall–Kier alpha value is -3.59. The van der Waals surface area contributed by atoms with E-state index in [4.69, 9.17) is 0 Å². The van der Waals surface area contributed by atoms with E-state index in [1.54, 1.807) is 0 Å². The van der Waals surface area contributed by atoms with Crippen LogP contribution in [0.1, 0.15) is 49.2 Å². The summed E-state index contributed by atoms with van der Waals surface area (Å²) in [5.74, 6) is 0. The van der Waals surface area contributed by atoms with Crippen LogP contribution in [-0.2, 0) is 23.2 Å². The zero-order valence-corrected chi connectivity index (χ0v) is 20.3. The lowest BCUT2D eigenvalue weighted by Gasteiger charge is -2.39. The zero-order chi connectivity index (χ0) is 23.9. The fourth-order valence-corrected chi connectivity index (χ4v) is 5.28. The molecule has 34 heavy (non-hydrogen) atoms. The maximum Gasteiger partial charge on any atom is 0.147 e. The maximum absolute atomic E-state index is 12.1. The Bertz CT molecular complexity index is 1340. The summed E-state index contributed by atoms with van der Waals surface area (Å²) in [6, 6.07) is 27.8. The minimum absolute atomic E-state index is 0.126. The first-order valence-electron chi connectivity index (χ1n) is 12.0. The fourth-order valence-electron chi connectivity index (χ4n) is 5.28. The average Bonchev–Trinajstić information content (AvgIpc) is 3.17. The molecule has 0 radical (unpaired) electrons. The number of anilines is 1. The van der Waals surface area contributed by atoms with Crippen molar-refractivity contribution in [1.29, 1.82) is 0 Å². The SMILES string of the molecule is C=C(C=O)[C@@H]1c2c(c3ccccc3n2Cc2ccc(C(C)(C)C)cc2)CCN1c1ccccc1. The Morgan fingerprint density at radius 3 is 2.32 bits per heavy atom. The minimum Gasteiger partial charge on any atom is -0.358 e. The summed E-state index contributed by atoms with van der Waals surface area (Å²) in [7, 11) is 0. The van der Waals surface area contributed by atoms with Gasteiger partial charge in [0, 0.05) is 40.9 Å².